The SMILES string of the molecule is CC(C)CCN(CCC(C)C)S(=O)(=O)NC(=O)Nc1c(C(C)C)cccc1C(C)C. The molecule has 0 aliphatic heterocycles. The van der Waals surface area contributed by atoms with Gasteiger partial charge in [-0.15, -0.1) is 0 Å². The maximum Gasteiger partial charge on any atom is 0.333 e. The molecule has 0 atom stereocenters. The van der Waals surface area contributed by atoms with Gasteiger partial charge in [-0.1, -0.05) is 73.6 Å². The van der Waals surface area contributed by atoms with E-state index in [2.05, 4.69) is 65.4 Å². The Morgan fingerprint density at radius 1 is 0.867 bits per heavy atom. The summed E-state index contributed by atoms with van der Waals surface area (Å²) in [7, 11) is -3.93. The van der Waals surface area contributed by atoms with E-state index in [0.717, 1.165) is 24.0 Å². The second-order valence-corrected chi connectivity index (χ2v) is 11.1. The lowest BCUT2D eigenvalue weighted by Crippen LogP contribution is -2.46. The number of anilines is 1. The van der Waals surface area contributed by atoms with Crippen molar-refractivity contribution in [2.75, 3.05) is 18.4 Å². The first-order chi connectivity index (χ1) is 13.8. The van der Waals surface area contributed by atoms with E-state index in [4.69, 9.17) is 0 Å². The lowest BCUT2D eigenvalue weighted by Gasteiger charge is -2.25. The van der Waals surface area contributed by atoms with Crippen molar-refractivity contribution >= 4 is 21.9 Å². The van der Waals surface area contributed by atoms with Crippen LogP contribution in [0.2, 0.25) is 0 Å². The van der Waals surface area contributed by atoms with Gasteiger partial charge in [0.2, 0.25) is 0 Å². The van der Waals surface area contributed by atoms with E-state index in [1.807, 2.05) is 18.2 Å². The molecule has 0 aromatic heterocycles. The molecule has 2 N–H and O–H groups in total. The standard InChI is InChI=1S/C23H41N3O3S/c1-16(2)12-14-26(15-13-17(3)4)30(28,29)25-23(27)24-22-20(18(5)6)10-9-11-21(22)19(7)8/h9-11,16-19H,12-15H2,1-8H3,(H2,24,25,27). The van der Waals surface area contributed by atoms with Crippen LogP contribution in [0.3, 0.4) is 0 Å². The van der Waals surface area contributed by atoms with Crippen molar-refractivity contribution in [3.05, 3.63) is 29.3 Å². The Morgan fingerprint density at radius 3 is 1.67 bits per heavy atom. The minimum absolute atomic E-state index is 0.198. The van der Waals surface area contributed by atoms with Gasteiger partial charge in [0.25, 0.3) is 0 Å². The monoisotopic (exact) mass is 439 g/mol. The summed E-state index contributed by atoms with van der Waals surface area (Å²) in [5.41, 5.74) is 2.68. The van der Waals surface area contributed by atoms with Crippen LogP contribution in [0, 0.1) is 11.8 Å². The highest BCUT2D eigenvalue weighted by Crippen LogP contribution is 2.32. The van der Waals surface area contributed by atoms with Crippen LogP contribution in [0.5, 0.6) is 0 Å². The van der Waals surface area contributed by atoms with Crippen molar-refractivity contribution in [2.45, 2.75) is 80.1 Å². The number of nitrogens with zero attached hydrogens (tertiary/aromatic N) is 1. The normalized spacial score (nSPS) is 12.4. The Morgan fingerprint density at radius 2 is 1.30 bits per heavy atom. The van der Waals surface area contributed by atoms with Crippen LogP contribution in [0.25, 0.3) is 0 Å². The number of carbonyl (C=O) groups excluding carboxylic acids is 1. The highest BCUT2D eigenvalue weighted by Gasteiger charge is 2.25. The number of benzene rings is 1. The second kappa shape index (κ2) is 11.7. The van der Waals surface area contributed by atoms with Gasteiger partial charge < -0.3 is 5.32 Å². The number of hydrogen-bond donors (Lipinski definition) is 2. The summed E-state index contributed by atoms with van der Waals surface area (Å²) < 4.78 is 29.5. The third-order valence-corrected chi connectivity index (χ3v) is 6.57. The number of amides is 2. The summed E-state index contributed by atoms with van der Waals surface area (Å²) in [6.07, 6.45) is 1.49. The van der Waals surface area contributed by atoms with Crippen molar-refractivity contribution in [3.63, 3.8) is 0 Å². The maximum absolute atomic E-state index is 12.9. The molecule has 30 heavy (non-hydrogen) atoms. The molecule has 172 valence electrons. The molecule has 0 aliphatic carbocycles. The van der Waals surface area contributed by atoms with Gasteiger partial charge in [0.1, 0.15) is 0 Å². The molecular weight excluding hydrogens is 398 g/mol. The number of hydrogen-bond acceptors (Lipinski definition) is 3. The third-order valence-electron chi connectivity index (χ3n) is 5.08. The van der Waals surface area contributed by atoms with Crippen LogP contribution in [0.1, 0.15) is 91.2 Å². The van der Waals surface area contributed by atoms with Gasteiger partial charge >= 0.3 is 16.2 Å². The first kappa shape index (κ1) is 26.4. The molecule has 0 fully saturated rings. The average Bonchev–Trinajstić information content (AvgIpc) is 2.59. The van der Waals surface area contributed by atoms with Crippen molar-refractivity contribution in [1.29, 1.82) is 0 Å². The van der Waals surface area contributed by atoms with Crippen LogP contribution in [-0.4, -0.2) is 31.8 Å². The molecule has 6 nitrogen and oxygen atoms in total. The summed E-state index contributed by atoms with van der Waals surface area (Å²) in [5, 5.41) is 2.83. The Hall–Kier alpha value is -1.60. The zero-order valence-electron chi connectivity index (χ0n) is 20.0. The van der Waals surface area contributed by atoms with E-state index in [1.54, 1.807) is 0 Å². The first-order valence-corrected chi connectivity index (χ1v) is 12.5. The number of carbonyl (C=O) groups is 1. The zero-order chi connectivity index (χ0) is 23.1. The fraction of sp³-hybridized carbons (Fsp3) is 0.696. The molecule has 0 heterocycles. The van der Waals surface area contributed by atoms with E-state index < -0.39 is 16.2 Å². The highest BCUT2D eigenvalue weighted by atomic mass is 32.2. The lowest BCUT2D eigenvalue weighted by molar-refractivity contribution is 0.255. The van der Waals surface area contributed by atoms with Crippen LogP contribution >= 0.6 is 0 Å². The molecule has 0 unspecified atom stereocenters. The van der Waals surface area contributed by atoms with Crippen LogP contribution in [0.15, 0.2) is 18.2 Å². The number of para-hydroxylation sites is 1. The minimum Gasteiger partial charge on any atom is -0.307 e. The van der Waals surface area contributed by atoms with Gasteiger partial charge in [-0.25, -0.2) is 9.52 Å². The van der Waals surface area contributed by atoms with E-state index in [1.165, 1.54) is 4.31 Å². The summed E-state index contributed by atoms with van der Waals surface area (Å²) in [6.45, 7) is 17.2. The van der Waals surface area contributed by atoms with Gasteiger partial charge in [0.05, 0.1) is 0 Å². The molecule has 0 radical (unpaired) electrons. The first-order valence-electron chi connectivity index (χ1n) is 11.1. The summed E-state index contributed by atoms with van der Waals surface area (Å²) in [6, 6.07) is 5.20. The average molecular weight is 440 g/mol. The number of rotatable bonds is 11. The van der Waals surface area contributed by atoms with Crippen molar-refractivity contribution in [2.24, 2.45) is 11.8 Å². The number of nitrogens with one attached hydrogen (secondary N) is 2. The molecule has 1 aromatic carbocycles. The second-order valence-electron chi connectivity index (χ2n) is 9.45. The van der Waals surface area contributed by atoms with Gasteiger partial charge in [-0.05, 0) is 47.6 Å². The van der Waals surface area contributed by atoms with E-state index in [9.17, 15) is 13.2 Å². The Labute approximate surface area is 184 Å². The highest BCUT2D eigenvalue weighted by molar-refractivity contribution is 7.87. The van der Waals surface area contributed by atoms with Crippen molar-refractivity contribution in [1.82, 2.24) is 9.03 Å². The van der Waals surface area contributed by atoms with Crippen LogP contribution in [-0.2, 0) is 10.2 Å². The molecule has 0 saturated carbocycles. The third kappa shape index (κ3) is 8.26. The molecule has 2 amide bonds. The van der Waals surface area contributed by atoms with E-state index in [0.29, 0.717) is 30.6 Å². The van der Waals surface area contributed by atoms with Gasteiger partial charge in [-0.3, -0.25) is 0 Å². The Balaban J connectivity index is 3.06. The summed E-state index contributed by atoms with van der Waals surface area (Å²) in [4.78, 5) is 12.7. The summed E-state index contributed by atoms with van der Waals surface area (Å²) in [5.74, 6) is 1.15. The predicted octanol–water partition coefficient (Wildman–Crippen LogP) is 5.69. The summed E-state index contributed by atoms with van der Waals surface area (Å²) >= 11 is 0. The molecule has 0 aliphatic rings. The molecule has 1 aromatic rings. The Bertz CT molecular complexity index is 749. The topological polar surface area (TPSA) is 78.5 Å². The van der Waals surface area contributed by atoms with Crippen molar-refractivity contribution < 1.29 is 13.2 Å². The minimum atomic E-state index is -3.93. The van der Waals surface area contributed by atoms with Crippen LogP contribution in [0.4, 0.5) is 10.5 Å². The maximum atomic E-state index is 12.9. The fourth-order valence-corrected chi connectivity index (χ4v) is 4.28. The smallest absolute Gasteiger partial charge is 0.307 e. The largest absolute Gasteiger partial charge is 0.333 e. The molecule has 7 heteroatoms. The zero-order valence-corrected chi connectivity index (χ0v) is 20.8. The fourth-order valence-electron chi connectivity index (χ4n) is 3.17. The van der Waals surface area contributed by atoms with E-state index >= 15 is 0 Å². The molecule has 0 bridgehead atoms. The quantitative estimate of drug-likeness (QED) is 0.464. The number of urea groups is 1. The van der Waals surface area contributed by atoms with Gasteiger partial charge in [0.15, 0.2) is 0 Å². The van der Waals surface area contributed by atoms with Gasteiger partial charge in [-0.2, -0.15) is 12.7 Å². The molecule has 0 saturated heterocycles. The molecular formula is C23H41N3O3S. The predicted molar refractivity (Wildman–Crippen MR) is 126 cm³/mol. The Kier molecular flexibility index (Phi) is 10.3. The molecule has 1 rings (SSSR count). The molecule has 0 spiro atoms. The van der Waals surface area contributed by atoms with Crippen molar-refractivity contribution in [3.8, 4) is 0 Å². The van der Waals surface area contributed by atoms with E-state index in [-0.39, 0.29) is 11.8 Å². The van der Waals surface area contributed by atoms with Crippen LogP contribution < -0.4 is 10.0 Å². The van der Waals surface area contributed by atoms with Gasteiger partial charge in [0, 0.05) is 18.8 Å². The lowest BCUT2D eigenvalue weighted by atomic mass is 9.93.